The van der Waals surface area contributed by atoms with E-state index in [1.807, 2.05) is 48.2 Å². The van der Waals surface area contributed by atoms with Gasteiger partial charge in [-0.25, -0.2) is 0 Å². The number of amides is 1. The molecule has 4 atom stereocenters. The number of rotatable bonds is 8. The van der Waals surface area contributed by atoms with E-state index >= 15 is 0 Å². The van der Waals surface area contributed by atoms with Crippen molar-refractivity contribution in [2.75, 3.05) is 25.1 Å². The second-order valence-electron chi connectivity index (χ2n) is 10.7. The van der Waals surface area contributed by atoms with Gasteiger partial charge in [-0.05, 0) is 85.3 Å². The van der Waals surface area contributed by atoms with Gasteiger partial charge in [-0.1, -0.05) is 42.8 Å². The Morgan fingerprint density at radius 1 is 1.05 bits per heavy atom. The first kappa shape index (κ1) is 27.5. The summed E-state index contributed by atoms with van der Waals surface area (Å²) >= 11 is 6.25. The van der Waals surface area contributed by atoms with E-state index in [2.05, 4.69) is 43.0 Å². The summed E-state index contributed by atoms with van der Waals surface area (Å²) in [7, 11) is 1.64. The van der Waals surface area contributed by atoms with Crippen molar-refractivity contribution in [1.82, 2.24) is 4.90 Å². The molecule has 1 amide bonds. The highest BCUT2D eigenvalue weighted by molar-refractivity contribution is 6.30. The first-order chi connectivity index (χ1) is 18.8. The van der Waals surface area contributed by atoms with Crippen LogP contribution in [-0.4, -0.2) is 43.2 Å². The third-order valence-corrected chi connectivity index (χ3v) is 8.39. The van der Waals surface area contributed by atoms with E-state index in [4.69, 9.17) is 26.8 Å². The van der Waals surface area contributed by atoms with Gasteiger partial charge in [0.05, 0.1) is 25.7 Å². The Kier molecular flexibility index (Phi) is 8.17. The fourth-order valence-electron chi connectivity index (χ4n) is 5.67. The number of halogens is 1. The molecular formula is C32H38ClN3O3. The average molecular weight is 548 g/mol. The smallest absolute Gasteiger partial charge is 0.232 e. The second kappa shape index (κ2) is 11.6. The third kappa shape index (κ3) is 5.65. The lowest BCUT2D eigenvalue weighted by atomic mass is 9.86. The van der Waals surface area contributed by atoms with Crippen LogP contribution in [-0.2, 0) is 11.2 Å². The Hall–Kier alpha value is -3.06. The standard InChI is InChI=1S/C32H38ClN3O3/c1-5-20(2)39-30-18-28-24(16-29(30)38-4)17-31(37)36(32(28)23-6-10-25(33)11-7-23)27-12-8-22(9-13-27)21(3)35-15-14-26(34)19-35/h6-13,16,18,20-21,26,32H,5,14-15,17,19,34H2,1-4H3/t20-,21?,26+,32?/m1/s1. The number of likely N-dealkylation sites (tertiary alicyclic amines) is 1. The summed E-state index contributed by atoms with van der Waals surface area (Å²) in [5, 5.41) is 0.656. The molecule has 2 N–H and O–H groups in total. The van der Waals surface area contributed by atoms with E-state index in [0.29, 0.717) is 16.5 Å². The molecule has 2 aliphatic rings. The molecule has 0 aromatic heterocycles. The zero-order valence-corrected chi connectivity index (χ0v) is 23.9. The molecule has 1 fully saturated rings. The molecule has 3 aromatic rings. The van der Waals surface area contributed by atoms with E-state index in [-0.39, 0.29) is 36.6 Å². The molecule has 3 aromatic carbocycles. The lowest BCUT2D eigenvalue weighted by Gasteiger charge is -2.38. The monoisotopic (exact) mass is 547 g/mol. The molecule has 0 radical (unpaired) electrons. The number of carbonyl (C=O) groups is 1. The highest BCUT2D eigenvalue weighted by Gasteiger charge is 2.36. The number of nitrogens with zero attached hydrogens (tertiary/aromatic N) is 2. The normalized spacial score (nSPS) is 21.0. The van der Waals surface area contributed by atoms with Crippen LogP contribution in [0.1, 0.15) is 68.0 Å². The van der Waals surface area contributed by atoms with Gasteiger partial charge in [-0.3, -0.25) is 9.69 Å². The summed E-state index contributed by atoms with van der Waals surface area (Å²) in [6.45, 7) is 8.28. The molecule has 5 rings (SSSR count). The number of fused-ring (bicyclic) bond motifs is 1. The molecule has 0 spiro atoms. The van der Waals surface area contributed by atoms with Crippen molar-refractivity contribution in [2.24, 2.45) is 5.73 Å². The zero-order chi connectivity index (χ0) is 27.7. The molecule has 2 heterocycles. The molecular weight excluding hydrogens is 510 g/mol. The van der Waals surface area contributed by atoms with Crippen LogP contribution in [0.4, 0.5) is 5.69 Å². The van der Waals surface area contributed by atoms with Crippen molar-refractivity contribution in [1.29, 1.82) is 0 Å². The molecule has 1 saturated heterocycles. The van der Waals surface area contributed by atoms with Crippen LogP contribution in [0.2, 0.25) is 5.02 Å². The maximum atomic E-state index is 13.8. The summed E-state index contributed by atoms with van der Waals surface area (Å²) in [5.41, 5.74) is 11.2. The minimum atomic E-state index is -0.330. The van der Waals surface area contributed by atoms with Gasteiger partial charge in [0.15, 0.2) is 11.5 Å². The van der Waals surface area contributed by atoms with Crippen LogP contribution in [0.25, 0.3) is 0 Å². The highest BCUT2D eigenvalue weighted by atomic mass is 35.5. The molecule has 2 unspecified atom stereocenters. The quantitative estimate of drug-likeness (QED) is 0.358. The summed E-state index contributed by atoms with van der Waals surface area (Å²) in [4.78, 5) is 18.1. The van der Waals surface area contributed by atoms with Crippen molar-refractivity contribution in [3.8, 4) is 11.5 Å². The van der Waals surface area contributed by atoms with Gasteiger partial charge in [-0.15, -0.1) is 0 Å². The summed E-state index contributed by atoms with van der Waals surface area (Å²) < 4.78 is 11.9. The van der Waals surface area contributed by atoms with Gasteiger partial charge in [0, 0.05) is 35.9 Å². The maximum Gasteiger partial charge on any atom is 0.232 e. The Morgan fingerprint density at radius 2 is 1.77 bits per heavy atom. The van der Waals surface area contributed by atoms with Gasteiger partial charge in [-0.2, -0.15) is 0 Å². The largest absolute Gasteiger partial charge is 0.493 e. The first-order valence-corrected chi connectivity index (χ1v) is 14.2. The minimum Gasteiger partial charge on any atom is -0.493 e. The van der Waals surface area contributed by atoms with Gasteiger partial charge in [0.1, 0.15) is 0 Å². The number of hydrogen-bond acceptors (Lipinski definition) is 5. The topological polar surface area (TPSA) is 68.0 Å². The number of nitrogens with two attached hydrogens (primary N) is 1. The van der Waals surface area contributed by atoms with Gasteiger partial charge >= 0.3 is 0 Å². The number of anilines is 1. The predicted octanol–water partition coefficient (Wildman–Crippen LogP) is 6.30. The Labute approximate surface area is 236 Å². The lowest BCUT2D eigenvalue weighted by molar-refractivity contribution is -0.118. The van der Waals surface area contributed by atoms with Crippen LogP contribution in [0.3, 0.4) is 0 Å². The van der Waals surface area contributed by atoms with Gasteiger partial charge < -0.3 is 20.1 Å². The number of hydrogen-bond donors (Lipinski definition) is 1. The predicted molar refractivity (Wildman–Crippen MR) is 157 cm³/mol. The van der Waals surface area contributed by atoms with E-state index in [1.165, 1.54) is 5.56 Å². The van der Waals surface area contributed by atoms with Crippen molar-refractivity contribution in [3.63, 3.8) is 0 Å². The molecule has 39 heavy (non-hydrogen) atoms. The molecule has 0 bridgehead atoms. The first-order valence-electron chi connectivity index (χ1n) is 13.8. The fourth-order valence-corrected chi connectivity index (χ4v) is 5.79. The van der Waals surface area contributed by atoms with Crippen LogP contribution < -0.4 is 20.1 Å². The van der Waals surface area contributed by atoms with Crippen molar-refractivity contribution >= 4 is 23.2 Å². The van der Waals surface area contributed by atoms with Crippen LogP contribution in [0.5, 0.6) is 11.5 Å². The Balaban J connectivity index is 1.56. The van der Waals surface area contributed by atoms with E-state index in [9.17, 15) is 4.79 Å². The van der Waals surface area contributed by atoms with E-state index in [1.54, 1.807) is 7.11 Å². The summed E-state index contributed by atoms with van der Waals surface area (Å²) in [6.07, 6.45) is 2.22. The number of carbonyl (C=O) groups excluding carboxylic acids is 1. The van der Waals surface area contributed by atoms with Gasteiger partial charge in [0.25, 0.3) is 0 Å². The maximum absolute atomic E-state index is 13.8. The van der Waals surface area contributed by atoms with Gasteiger partial charge in [0.2, 0.25) is 5.91 Å². The molecule has 0 saturated carbocycles. The van der Waals surface area contributed by atoms with Crippen LogP contribution in [0.15, 0.2) is 60.7 Å². The van der Waals surface area contributed by atoms with Crippen molar-refractivity contribution in [3.05, 3.63) is 87.9 Å². The third-order valence-electron chi connectivity index (χ3n) is 8.13. The molecule has 206 valence electrons. The molecule has 0 aliphatic carbocycles. The summed E-state index contributed by atoms with van der Waals surface area (Å²) in [6, 6.07) is 20.3. The van der Waals surface area contributed by atoms with E-state index in [0.717, 1.165) is 48.3 Å². The van der Waals surface area contributed by atoms with Crippen molar-refractivity contribution < 1.29 is 14.3 Å². The molecule has 2 aliphatic heterocycles. The lowest BCUT2D eigenvalue weighted by Crippen LogP contribution is -2.41. The van der Waals surface area contributed by atoms with Crippen LogP contribution in [0, 0.1) is 0 Å². The van der Waals surface area contributed by atoms with Crippen molar-refractivity contribution in [2.45, 2.75) is 64.3 Å². The number of methoxy groups -OCH3 is 1. The fraction of sp³-hybridized carbons (Fsp3) is 0.406. The number of benzene rings is 3. The minimum absolute atomic E-state index is 0.0337. The number of ether oxygens (including phenoxy) is 2. The highest BCUT2D eigenvalue weighted by Crippen LogP contribution is 2.44. The molecule has 6 nitrogen and oxygen atoms in total. The Morgan fingerprint density at radius 3 is 2.38 bits per heavy atom. The SMILES string of the molecule is CC[C@@H](C)Oc1cc2c(cc1OC)CC(=O)N(c1ccc(C(C)N3CC[C@H](N)C3)cc1)C2c1ccc(Cl)cc1. The summed E-state index contributed by atoms with van der Waals surface area (Å²) in [5.74, 6) is 1.36. The zero-order valence-electron chi connectivity index (χ0n) is 23.2. The van der Waals surface area contributed by atoms with E-state index < -0.39 is 0 Å². The van der Waals surface area contributed by atoms with Crippen LogP contribution >= 0.6 is 11.6 Å². The average Bonchev–Trinajstić information content (AvgIpc) is 3.38. The molecule has 7 heteroatoms. The Bertz CT molecular complexity index is 1310. The second-order valence-corrected chi connectivity index (χ2v) is 11.2.